The van der Waals surface area contributed by atoms with E-state index in [-0.39, 0.29) is 5.41 Å². The number of aryl methyl sites for hydroxylation is 1. The van der Waals surface area contributed by atoms with E-state index in [4.69, 9.17) is 0 Å². The van der Waals surface area contributed by atoms with E-state index in [1.165, 1.54) is 16.7 Å². The van der Waals surface area contributed by atoms with Gasteiger partial charge in [-0.1, -0.05) is 39.0 Å². The molecule has 102 valence electrons. The first-order valence-corrected chi connectivity index (χ1v) is 6.72. The highest BCUT2D eigenvalue weighted by Gasteiger charge is 2.15. The van der Waals surface area contributed by atoms with Gasteiger partial charge in [0.1, 0.15) is 0 Å². The van der Waals surface area contributed by atoms with Gasteiger partial charge in [0.15, 0.2) is 0 Å². The third-order valence-electron chi connectivity index (χ3n) is 3.37. The Bertz CT molecular complexity index is 562. The van der Waals surface area contributed by atoms with Gasteiger partial charge in [-0.3, -0.25) is 5.10 Å². The van der Waals surface area contributed by atoms with Crippen LogP contribution in [0, 0.1) is 6.92 Å². The SMILES string of the molecule is CNCc1cc(-c2ccc(C(C)(C)C)cc2C)n[nH]1. The lowest BCUT2D eigenvalue weighted by Crippen LogP contribution is -2.11. The minimum atomic E-state index is 0.187. The number of nitrogens with zero attached hydrogens (tertiary/aromatic N) is 1. The largest absolute Gasteiger partial charge is 0.314 e. The van der Waals surface area contributed by atoms with Gasteiger partial charge in [-0.2, -0.15) is 5.10 Å². The average Bonchev–Trinajstić information content (AvgIpc) is 2.76. The van der Waals surface area contributed by atoms with Crippen molar-refractivity contribution in [3.8, 4) is 11.3 Å². The van der Waals surface area contributed by atoms with E-state index in [0.29, 0.717) is 0 Å². The normalized spacial score (nSPS) is 11.8. The van der Waals surface area contributed by atoms with Crippen molar-refractivity contribution in [3.63, 3.8) is 0 Å². The summed E-state index contributed by atoms with van der Waals surface area (Å²) in [5.74, 6) is 0. The van der Waals surface area contributed by atoms with Crippen molar-refractivity contribution in [2.45, 2.75) is 39.7 Å². The van der Waals surface area contributed by atoms with Crippen LogP contribution >= 0.6 is 0 Å². The summed E-state index contributed by atoms with van der Waals surface area (Å²) < 4.78 is 0. The van der Waals surface area contributed by atoms with Crippen molar-refractivity contribution < 1.29 is 0 Å². The molecule has 0 unspecified atom stereocenters. The second kappa shape index (κ2) is 5.17. The Labute approximate surface area is 115 Å². The van der Waals surface area contributed by atoms with E-state index in [2.05, 4.69) is 67.5 Å². The highest BCUT2D eigenvalue weighted by Crippen LogP contribution is 2.28. The minimum absolute atomic E-state index is 0.187. The van der Waals surface area contributed by atoms with Gasteiger partial charge in [0.2, 0.25) is 0 Å². The van der Waals surface area contributed by atoms with Crippen molar-refractivity contribution in [1.29, 1.82) is 0 Å². The minimum Gasteiger partial charge on any atom is -0.314 e. The van der Waals surface area contributed by atoms with Gasteiger partial charge in [0.25, 0.3) is 0 Å². The van der Waals surface area contributed by atoms with Crippen molar-refractivity contribution in [2.24, 2.45) is 0 Å². The predicted molar refractivity (Wildman–Crippen MR) is 80.2 cm³/mol. The average molecular weight is 257 g/mol. The molecule has 0 aliphatic rings. The zero-order valence-electron chi connectivity index (χ0n) is 12.5. The van der Waals surface area contributed by atoms with Crippen molar-refractivity contribution >= 4 is 0 Å². The molecule has 1 aromatic heterocycles. The maximum absolute atomic E-state index is 4.39. The second-order valence-corrected chi connectivity index (χ2v) is 6.09. The third kappa shape index (κ3) is 3.04. The van der Waals surface area contributed by atoms with Crippen molar-refractivity contribution in [2.75, 3.05) is 7.05 Å². The maximum Gasteiger partial charge on any atom is 0.0926 e. The molecule has 0 radical (unpaired) electrons. The first kappa shape index (κ1) is 13.8. The van der Waals surface area contributed by atoms with Crippen LogP contribution < -0.4 is 5.32 Å². The first-order chi connectivity index (χ1) is 8.91. The van der Waals surface area contributed by atoms with E-state index in [1.807, 2.05) is 7.05 Å². The van der Waals surface area contributed by atoms with Crippen LogP contribution in [0.3, 0.4) is 0 Å². The van der Waals surface area contributed by atoms with Gasteiger partial charge in [0, 0.05) is 17.8 Å². The number of hydrogen-bond acceptors (Lipinski definition) is 2. The Balaban J connectivity index is 2.35. The highest BCUT2D eigenvalue weighted by molar-refractivity contribution is 5.64. The lowest BCUT2D eigenvalue weighted by Gasteiger charge is -2.20. The third-order valence-corrected chi connectivity index (χ3v) is 3.37. The topological polar surface area (TPSA) is 40.7 Å². The lowest BCUT2D eigenvalue weighted by atomic mass is 9.85. The number of hydrogen-bond donors (Lipinski definition) is 2. The number of nitrogens with one attached hydrogen (secondary N) is 2. The van der Waals surface area contributed by atoms with Crippen LogP contribution in [0.5, 0.6) is 0 Å². The summed E-state index contributed by atoms with van der Waals surface area (Å²) in [5.41, 5.74) is 6.15. The fraction of sp³-hybridized carbons (Fsp3) is 0.438. The fourth-order valence-electron chi connectivity index (χ4n) is 2.20. The molecule has 3 nitrogen and oxygen atoms in total. The van der Waals surface area contributed by atoms with E-state index in [0.717, 1.165) is 17.9 Å². The van der Waals surface area contributed by atoms with Gasteiger partial charge < -0.3 is 5.32 Å². The van der Waals surface area contributed by atoms with Crippen LogP contribution in [0.4, 0.5) is 0 Å². The fourth-order valence-corrected chi connectivity index (χ4v) is 2.20. The van der Waals surface area contributed by atoms with Crippen LogP contribution in [0.15, 0.2) is 24.3 Å². The number of benzene rings is 1. The standard InChI is InChI=1S/C16H23N3/c1-11-8-12(16(2,3)4)6-7-14(11)15-9-13(10-17-5)18-19-15/h6-9,17H,10H2,1-5H3,(H,18,19). The molecule has 0 spiro atoms. The molecule has 2 aromatic rings. The van der Waals surface area contributed by atoms with Gasteiger partial charge in [0.05, 0.1) is 5.69 Å². The second-order valence-electron chi connectivity index (χ2n) is 6.09. The molecule has 0 saturated carbocycles. The summed E-state index contributed by atoms with van der Waals surface area (Å²) in [6.07, 6.45) is 0. The molecule has 1 heterocycles. The smallest absolute Gasteiger partial charge is 0.0926 e. The molecule has 2 rings (SSSR count). The summed E-state index contributed by atoms with van der Waals surface area (Å²) in [6.45, 7) is 9.67. The number of H-pyrrole nitrogens is 1. The van der Waals surface area contributed by atoms with Gasteiger partial charge in [-0.25, -0.2) is 0 Å². The molecular weight excluding hydrogens is 234 g/mol. The summed E-state index contributed by atoms with van der Waals surface area (Å²) in [5, 5.41) is 10.6. The van der Waals surface area contributed by atoms with Crippen molar-refractivity contribution in [3.05, 3.63) is 41.1 Å². The summed E-state index contributed by atoms with van der Waals surface area (Å²) in [7, 11) is 1.93. The quantitative estimate of drug-likeness (QED) is 0.884. The van der Waals surface area contributed by atoms with Crippen LogP contribution in [0.2, 0.25) is 0 Å². The Hall–Kier alpha value is -1.61. The number of rotatable bonds is 3. The lowest BCUT2D eigenvalue weighted by molar-refractivity contribution is 0.590. The predicted octanol–water partition coefficient (Wildman–Crippen LogP) is 3.40. The molecule has 0 bridgehead atoms. The molecule has 0 saturated heterocycles. The highest BCUT2D eigenvalue weighted by atomic mass is 15.1. The Morgan fingerprint density at radius 1 is 1.21 bits per heavy atom. The molecule has 0 amide bonds. The Kier molecular flexibility index (Phi) is 3.76. The van der Waals surface area contributed by atoms with Crippen LogP contribution in [0.1, 0.15) is 37.6 Å². The Morgan fingerprint density at radius 2 is 1.95 bits per heavy atom. The van der Waals surface area contributed by atoms with Crippen LogP contribution in [0.25, 0.3) is 11.3 Å². The summed E-state index contributed by atoms with van der Waals surface area (Å²) in [4.78, 5) is 0. The van der Waals surface area contributed by atoms with Crippen LogP contribution in [-0.4, -0.2) is 17.2 Å². The molecule has 19 heavy (non-hydrogen) atoms. The van der Waals surface area contributed by atoms with E-state index in [9.17, 15) is 0 Å². The molecule has 0 aliphatic carbocycles. The van der Waals surface area contributed by atoms with E-state index in [1.54, 1.807) is 0 Å². The first-order valence-electron chi connectivity index (χ1n) is 6.72. The molecule has 0 fully saturated rings. The number of aromatic nitrogens is 2. The van der Waals surface area contributed by atoms with Crippen LogP contribution in [-0.2, 0) is 12.0 Å². The molecule has 2 N–H and O–H groups in total. The van der Waals surface area contributed by atoms with E-state index < -0.39 is 0 Å². The molecule has 1 aromatic carbocycles. The molecular formula is C16H23N3. The van der Waals surface area contributed by atoms with Gasteiger partial charge >= 0.3 is 0 Å². The molecule has 0 atom stereocenters. The van der Waals surface area contributed by atoms with E-state index >= 15 is 0 Å². The maximum atomic E-state index is 4.39. The monoisotopic (exact) mass is 257 g/mol. The summed E-state index contributed by atoms with van der Waals surface area (Å²) >= 11 is 0. The van der Waals surface area contributed by atoms with Gasteiger partial charge in [-0.15, -0.1) is 0 Å². The zero-order valence-corrected chi connectivity index (χ0v) is 12.5. The number of aromatic amines is 1. The zero-order chi connectivity index (χ0) is 14.0. The molecule has 3 heteroatoms. The van der Waals surface area contributed by atoms with Gasteiger partial charge in [-0.05, 0) is 36.6 Å². The Morgan fingerprint density at radius 3 is 2.53 bits per heavy atom. The summed E-state index contributed by atoms with van der Waals surface area (Å²) in [6, 6.07) is 8.75. The van der Waals surface area contributed by atoms with Crippen molar-refractivity contribution in [1.82, 2.24) is 15.5 Å². The molecule has 0 aliphatic heterocycles.